The van der Waals surface area contributed by atoms with Crippen LogP contribution < -0.4 is 10.1 Å². The highest BCUT2D eigenvalue weighted by atomic mass is 79.9. The highest BCUT2D eigenvalue weighted by Gasteiger charge is 2.34. The number of hydrogen-bond donors (Lipinski definition) is 2. The number of carbonyl (C=O) groups is 4. The molecule has 1 aliphatic rings. The molecule has 2 heterocycles. The van der Waals surface area contributed by atoms with Crippen LogP contribution in [-0.2, 0) is 20.9 Å². The average Bonchev–Trinajstić information content (AvgIpc) is 3.30. The van der Waals surface area contributed by atoms with Crippen LogP contribution in [0.1, 0.15) is 28.8 Å². The zero-order valence-corrected chi connectivity index (χ0v) is 18.0. The van der Waals surface area contributed by atoms with Crippen molar-refractivity contribution in [2.24, 2.45) is 0 Å². The number of aliphatic carboxylic acids is 1. The number of urea groups is 1. The van der Waals surface area contributed by atoms with Gasteiger partial charge in [0.1, 0.15) is 17.2 Å². The molecular weight excluding hydrogens is 476 g/mol. The van der Waals surface area contributed by atoms with E-state index in [1.165, 1.54) is 32.2 Å². The molecule has 0 spiro atoms. The van der Waals surface area contributed by atoms with Gasteiger partial charge in [-0.3, -0.25) is 9.69 Å². The van der Waals surface area contributed by atoms with Gasteiger partial charge in [-0.25, -0.2) is 14.4 Å². The van der Waals surface area contributed by atoms with Crippen molar-refractivity contribution >= 4 is 45.9 Å². The molecule has 1 atom stereocenters. The Hall–Kier alpha value is -3.60. The van der Waals surface area contributed by atoms with Gasteiger partial charge in [-0.2, -0.15) is 0 Å². The maximum Gasteiger partial charge on any atom is 0.373 e. The molecule has 10 nitrogen and oxygen atoms in total. The van der Waals surface area contributed by atoms with E-state index in [0.29, 0.717) is 10.0 Å². The first kappa shape index (κ1) is 22.1. The topological polar surface area (TPSA) is 135 Å². The minimum absolute atomic E-state index is 0.0318. The summed E-state index contributed by atoms with van der Waals surface area (Å²) < 4.78 is 15.9. The third-order valence-corrected chi connectivity index (χ3v) is 4.74. The quantitative estimate of drug-likeness (QED) is 0.342. The van der Waals surface area contributed by atoms with Crippen LogP contribution in [0.15, 0.2) is 44.9 Å². The maximum atomic E-state index is 12.7. The first-order valence-electron chi connectivity index (χ1n) is 8.90. The zero-order chi connectivity index (χ0) is 22.7. The van der Waals surface area contributed by atoms with E-state index in [-0.39, 0.29) is 29.5 Å². The zero-order valence-electron chi connectivity index (χ0n) is 16.4. The Bertz CT molecular complexity index is 1090. The van der Waals surface area contributed by atoms with Gasteiger partial charge in [0.05, 0.1) is 13.7 Å². The van der Waals surface area contributed by atoms with Gasteiger partial charge < -0.3 is 24.3 Å². The summed E-state index contributed by atoms with van der Waals surface area (Å²) in [4.78, 5) is 48.5. The number of carboxylic acids is 1. The lowest BCUT2D eigenvalue weighted by Crippen LogP contribution is -2.30. The van der Waals surface area contributed by atoms with E-state index in [0.717, 1.165) is 4.90 Å². The monoisotopic (exact) mass is 492 g/mol. The number of esters is 1. The molecule has 1 saturated heterocycles. The molecule has 31 heavy (non-hydrogen) atoms. The molecule has 1 aromatic heterocycles. The van der Waals surface area contributed by atoms with Crippen LogP contribution in [0.3, 0.4) is 0 Å². The predicted octanol–water partition coefficient (Wildman–Crippen LogP) is 2.77. The smallest absolute Gasteiger partial charge is 0.373 e. The van der Waals surface area contributed by atoms with Crippen molar-refractivity contribution < 1.29 is 38.2 Å². The van der Waals surface area contributed by atoms with E-state index in [1.54, 1.807) is 18.2 Å². The van der Waals surface area contributed by atoms with E-state index in [4.69, 9.17) is 14.3 Å². The molecule has 11 heteroatoms. The SMILES string of the molecule is COC(=O)c1ccc(CN2C(=O)NC(=Cc3cc(Br)ccc3OC(C)C(=O)O)C2=O)o1. The summed E-state index contributed by atoms with van der Waals surface area (Å²) in [7, 11) is 1.20. The fraction of sp³-hybridized carbons (Fsp3) is 0.200. The molecule has 1 fully saturated rings. The number of imide groups is 1. The van der Waals surface area contributed by atoms with Gasteiger partial charge in [-0.1, -0.05) is 15.9 Å². The van der Waals surface area contributed by atoms with E-state index in [1.807, 2.05) is 0 Å². The molecule has 3 rings (SSSR count). The van der Waals surface area contributed by atoms with Crippen LogP contribution in [0.25, 0.3) is 6.08 Å². The van der Waals surface area contributed by atoms with Crippen molar-refractivity contribution in [3.63, 3.8) is 0 Å². The second-order valence-electron chi connectivity index (χ2n) is 6.42. The number of nitrogens with one attached hydrogen (secondary N) is 1. The number of carboxylic acid groups (broad SMARTS) is 1. The lowest BCUT2D eigenvalue weighted by molar-refractivity contribution is -0.144. The normalized spacial score (nSPS) is 15.7. The van der Waals surface area contributed by atoms with Gasteiger partial charge in [0, 0.05) is 10.0 Å². The van der Waals surface area contributed by atoms with Gasteiger partial charge in [-0.05, 0) is 43.3 Å². The molecule has 0 aliphatic carbocycles. The summed E-state index contributed by atoms with van der Waals surface area (Å²) in [5.74, 6) is -2.07. The van der Waals surface area contributed by atoms with Gasteiger partial charge in [0.2, 0.25) is 5.76 Å². The maximum absolute atomic E-state index is 12.7. The lowest BCUT2D eigenvalue weighted by atomic mass is 10.1. The summed E-state index contributed by atoms with van der Waals surface area (Å²) in [5, 5.41) is 11.5. The van der Waals surface area contributed by atoms with Crippen molar-refractivity contribution in [2.45, 2.75) is 19.6 Å². The van der Waals surface area contributed by atoms with Crippen LogP contribution in [-0.4, -0.2) is 47.1 Å². The number of furan rings is 1. The molecule has 3 amide bonds. The number of ether oxygens (including phenoxy) is 2. The third-order valence-electron chi connectivity index (χ3n) is 4.25. The highest BCUT2D eigenvalue weighted by Crippen LogP contribution is 2.28. The largest absolute Gasteiger partial charge is 0.479 e. The Kier molecular flexibility index (Phi) is 6.44. The Morgan fingerprint density at radius 1 is 1.29 bits per heavy atom. The van der Waals surface area contributed by atoms with Crippen LogP contribution in [0.4, 0.5) is 4.79 Å². The van der Waals surface area contributed by atoms with Gasteiger partial charge in [0.25, 0.3) is 5.91 Å². The van der Waals surface area contributed by atoms with E-state index in [9.17, 15) is 19.2 Å². The standard InChI is InChI=1S/C20H17BrN2O8/c1-10(18(25)26)30-15-5-3-12(21)7-11(15)8-14-17(24)23(20(28)22-14)9-13-4-6-16(31-13)19(27)29-2/h3-8,10H,9H2,1-2H3,(H,22,28)(H,25,26). The molecule has 1 unspecified atom stereocenters. The van der Waals surface area contributed by atoms with E-state index < -0.39 is 30.0 Å². The Morgan fingerprint density at radius 2 is 2.03 bits per heavy atom. The Balaban J connectivity index is 1.83. The minimum atomic E-state index is -1.15. The van der Waals surface area contributed by atoms with Crippen LogP contribution >= 0.6 is 15.9 Å². The number of benzene rings is 1. The molecular formula is C20H17BrN2O8. The molecule has 1 aromatic carbocycles. The van der Waals surface area contributed by atoms with E-state index >= 15 is 0 Å². The third kappa shape index (κ3) is 4.94. The van der Waals surface area contributed by atoms with Crippen LogP contribution in [0, 0.1) is 0 Å². The molecule has 0 bridgehead atoms. The molecule has 0 saturated carbocycles. The number of halogens is 1. The number of nitrogens with zero attached hydrogens (tertiary/aromatic N) is 1. The molecule has 2 N–H and O–H groups in total. The molecule has 0 radical (unpaired) electrons. The lowest BCUT2D eigenvalue weighted by Gasteiger charge is -2.13. The van der Waals surface area contributed by atoms with Crippen molar-refractivity contribution in [3.8, 4) is 5.75 Å². The van der Waals surface area contributed by atoms with Crippen molar-refractivity contribution in [1.29, 1.82) is 0 Å². The van der Waals surface area contributed by atoms with Crippen molar-refractivity contribution in [1.82, 2.24) is 10.2 Å². The van der Waals surface area contributed by atoms with Gasteiger partial charge >= 0.3 is 18.0 Å². The number of rotatable bonds is 7. The fourth-order valence-corrected chi connectivity index (χ4v) is 3.06. The molecule has 1 aliphatic heterocycles. The fourth-order valence-electron chi connectivity index (χ4n) is 2.68. The number of hydrogen-bond acceptors (Lipinski definition) is 7. The van der Waals surface area contributed by atoms with Gasteiger partial charge in [0.15, 0.2) is 6.10 Å². The summed E-state index contributed by atoms with van der Waals surface area (Å²) in [6.45, 7) is 1.17. The number of amides is 3. The van der Waals surface area contributed by atoms with Crippen LogP contribution in [0.2, 0.25) is 0 Å². The number of methoxy groups -OCH3 is 1. The Labute approximate surface area is 184 Å². The average molecular weight is 493 g/mol. The van der Waals surface area contributed by atoms with Crippen molar-refractivity contribution in [3.05, 3.63) is 57.6 Å². The molecule has 2 aromatic rings. The predicted molar refractivity (Wildman–Crippen MR) is 109 cm³/mol. The summed E-state index contributed by atoms with van der Waals surface area (Å²) in [6.07, 6.45) is 0.267. The molecule has 162 valence electrons. The number of carbonyl (C=O) groups excluding carboxylic acids is 3. The van der Waals surface area contributed by atoms with Crippen LogP contribution in [0.5, 0.6) is 5.75 Å². The van der Waals surface area contributed by atoms with Gasteiger partial charge in [-0.15, -0.1) is 0 Å². The minimum Gasteiger partial charge on any atom is -0.479 e. The highest BCUT2D eigenvalue weighted by molar-refractivity contribution is 9.10. The van der Waals surface area contributed by atoms with E-state index in [2.05, 4.69) is 26.0 Å². The second-order valence-corrected chi connectivity index (χ2v) is 7.33. The summed E-state index contributed by atoms with van der Waals surface area (Å²) in [5.41, 5.74) is 0.356. The summed E-state index contributed by atoms with van der Waals surface area (Å²) in [6, 6.07) is 6.99. The van der Waals surface area contributed by atoms with Crippen molar-refractivity contribution in [2.75, 3.05) is 7.11 Å². The second kappa shape index (κ2) is 9.04. The Morgan fingerprint density at radius 3 is 2.71 bits per heavy atom. The first-order valence-corrected chi connectivity index (χ1v) is 9.69. The first-order chi connectivity index (χ1) is 14.7. The summed E-state index contributed by atoms with van der Waals surface area (Å²) >= 11 is 3.31.